The van der Waals surface area contributed by atoms with E-state index in [9.17, 15) is 24.2 Å². The minimum absolute atomic E-state index is 0.0432. The van der Waals surface area contributed by atoms with Gasteiger partial charge < -0.3 is 29.7 Å². The van der Waals surface area contributed by atoms with Gasteiger partial charge in [-0.15, -0.1) is 0 Å². The summed E-state index contributed by atoms with van der Waals surface area (Å²) in [7, 11) is 0. The summed E-state index contributed by atoms with van der Waals surface area (Å²) in [6, 6.07) is 4.56. The van der Waals surface area contributed by atoms with E-state index in [1.165, 1.54) is 12.3 Å². The van der Waals surface area contributed by atoms with Gasteiger partial charge in [0.2, 0.25) is 0 Å². The van der Waals surface area contributed by atoms with Crippen molar-refractivity contribution >= 4 is 11.7 Å². The molecule has 31 heavy (non-hydrogen) atoms. The number of halogens is 1. The molecule has 2 aliphatic rings. The van der Waals surface area contributed by atoms with Crippen molar-refractivity contribution in [1.29, 1.82) is 0 Å². The predicted octanol–water partition coefficient (Wildman–Crippen LogP) is 0.554. The molecule has 0 saturated carbocycles. The number of hydrogen-bond donors (Lipinski definition) is 3. The standard InChI is InChI=1S/C20H22FN3O7/c1-10-7-12-13(30-6-5-29-12)8-11(10)17(27)22-15-3-4-24(19(28)23-15)18-20(2,21)16(26)14(9-25)31-18/h3-4,7-8,14,16,18,25-26H,5-6,9H2,1-2H3,(H,22,23,27,28)/t14-,16-,18?,20?/m1/s1. The van der Waals surface area contributed by atoms with Crippen molar-refractivity contribution in [3.8, 4) is 11.5 Å². The van der Waals surface area contributed by atoms with Crippen LogP contribution in [0, 0.1) is 6.92 Å². The zero-order chi connectivity index (χ0) is 22.3. The van der Waals surface area contributed by atoms with E-state index in [-0.39, 0.29) is 5.82 Å². The summed E-state index contributed by atoms with van der Waals surface area (Å²) in [6.45, 7) is 3.00. The molecule has 3 N–H and O–H groups in total. The average Bonchev–Trinajstić information content (AvgIpc) is 2.96. The van der Waals surface area contributed by atoms with Gasteiger partial charge in [0.05, 0.1) is 6.61 Å². The third kappa shape index (κ3) is 3.75. The van der Waals surface area contributed by atoms with E-state index in [1.54, 1.807) is 19.1 Å². The highest BCUT2D eigenvalue weighted by atomic mass is 19.1. The fourth-order valence-electron chi connectivity index (χ4n) is 3.64. The van der Waals surface area contributed by atoms with Gasteiger partial charge in [0, 0.05) is 11.8 Å². The molecule has 1 fully saturated rings. The van der Waals surface area contributed by atoms with Gasteiger partial charge in [-0.1, -0.05) is 0 Å². The molecule has 4 rings (SSSR count). The molecule has 10 nitrogen and oxygen atoms in total. The molecule has 0 aliphatic carbocycles. The lowest BCUT2D eigenvalue weighted by atomic mass is 9.98. The fourth-order valence-corrected chi connectivity index (χ4v) is 3.64. The number of ether oxygens (including phenoxy) is 3. The quantitative estimate of drug-likeness (QED) is 0.635. The zero-order valence-corrected chi connectivity index (χ0v) is 16.9. The molecule has 0 radical (unpaired) electrons. The third-order valence-corrected chi connectivity index (χ3v) is 5.36. The molecule has 1 aromatic carbocycles. The van der Waals surface area contributed by atoms with Crippen LogP contribution in [0.15, 0.2) is 29.2 Å². The van der Waals surface area contributed by atoms with Crippen LogP contribution in [0.2, 0.25) is 0 Å². The van der Waals surface area contributed by atoms with E-state index in [4.69, 9.17) is 14.2 Å². The van der Waals surface area contributed by atoms with Crippen LogP contribution in [-0.2, 0) is 4.74 Å². The molecule has 1 aromatic heterocycles. The Morgan fingerprint density at radius 2 is 2.03 bits per heavy atom. The van der Waals surface area contributed by atoms with Crippen LogP contribution in [0.3, 0.4) is 0 Å². The third-order valence-electron chi connectivity index (χ3n) is 5.36. The van der Waals surface area contributed by atoms with Crippen molar-refractivity contribution in [2.45, 2.75) is 38.0 Å². The summed E-state index contributed by atoms with van der Waals surface area (Å²) in [5.74, 6) is 0.443. The highest BCUT2D eigenvalue weighted by molar-refractivity contribution is 6.05. The Morgan fingerprint density at radius 1 is 1.35 bits per heavy atom. The second-order valence-corrected chi connectivity index (χ2v) is 7.57. The molecule has 2 aromatic rings. The molecule has 2 aliphatic heterocycles. The van der Waals surface area contributed by atoms with Gasteiger partial charge in [0.15, 0.2) is 23.4 Å². The molecular formula is C20H22FN3O7. The summed E-state index contributed by atoms with van der Waals surface area (Å²) in [4.78, 5) is 28.9. The maximum absolute atomic E-state index is 14.9. The Hall–Kier alpha value is -3.02. The first-order valence-electron chi connectivity index (χ1n) is 9.66. The number of anilines is 1. The normalized spacial score (nSPS) is 27.2. The topological polar surface area (TPSA) is 132 Å². The Morgan fingerprint density at radius 3 is 2.65 bits per heavy atom. The van der Waals surface area contributed by atoms with E-state index < -0.39 is 42.3 Å². The summed E-state index contributed by atoms with van der Waals surface area (Å²) >= 11 is 0. The largest absolute Gasteiger partial charge is 0.486 e. The number of carbonyl (C=O) groups excluding carboxylic acids is 1. The second kappa shape index (κ2) is 7.91. The number of benzene rings is 1. The Labute approximate surface area is 176 Å². The van der Waals surface area contributed by atoms with Crippen molar-refractivity contribution in [3.05, 3.63) is 46.0 Å². The number of aliphatic hydroxyl groups is 2. The molecule has 0 bridgehead atoms. The van der Waals surface area contributed by atoms with Crippen molar-refractivity contribution in [1.82, 2.24) is 9.55 Å². The van der Waals surface area contributed by atoms with E-state index in [2.05, 4.69) is 10.3 Å². The first-order valence-corrected chi connectivity index (χ1v) is 9.66. The summed E-state index contributed by atoms with van der Waals surface area (Å²) in [5.41, 5.74) is -2.26. The highest BCUT2D eigenvalue weighted by Gasteiger charge is 2.55. The van der Waals surface area contributed by atoms with Crippen LogP contribution in [0.25, 0.3) is 0 Å². The van der Waals surface area contributed by atoms with Gasteiger partial charge in [0.25, 0.3) is 5.91 Å². The van der Waals surface area contributed by atoms with E-state index in [1.807, 2.05) is 0 Å². The van der Waals surface area contributed by atoms with E-state index in [0.29, 0.717) is 35.8 Å². The monoisotopic (exact) mass is 435 g/mol. The maximum atomic E-state index is 14.9. The number of hydrogen-bond acceptors (Lipinski definition) is 8. The Kier molecular flexibility index (Phi) is 5.42. The zero-order valence-electron chi connectivity index (χ0n) is 16.9. The number of nitrogens with one attached hydrogen (secondary N) is 1. The number of fused-ring (bicyclic) bond motifs is 1. The van der Waals surface area contributed by atoms with Gasteiger partial charge in [-0.05, 0) is 37.6 Å². The molecule has 2 unspecified atom stereocenters. The SMILES string of the molecule is Cc1cc2c(cc1C(=O)Nc1ccn(C3O[C@H](CO)[C@@H](O)C3(C)F)c(=O)n1)OCCO2. The Balaban J connectivity index is 1.56. The summed E-state index contributed by atoms with van der Waals surface area (Å²) in [6.07, 6.45) is -3.07. The molecule has 0 spiro atoms. The minimum atomic E-state index is -2.33. The van der Waals surface area contributed by atoms with Gasteiger partial charge in [-0.25, -0.2) is 9.18 Å². The number of aryl methyl sites for hydroxylation is 1. The number of aliphatic hydroxyl groups excluding tert-OH is 2. The average molecular weight is 435 g/mol. The van der Waals surface area contributed by atoms with Crippen molar-refractivity contribution in [3.63, 3.8) is 0 Å². The van der Waals surface area contributed by atoms with Crippen LogP contribution in [0.5, 0.6) is 11.5 Å². The number of rotatable bonds is 4. The molecule has 166 valence electrons. The molecule has 1 amide bonds. The second-order valence-electron chi connectivity index (χ2n) is 7.57. The lowest BCUT2D eigenvalue weighted by Crippen LogP contribution is -2.42. The van der Waals surface area contributed by atoms with Crippen LogP contribution in [-0.4, -0.2) is 63.4 Å². The number of carbonyl (C=O) groups is 1. The number of nitrogens with zero attached hydrogens (tertiary/aromatic N) is 2. The van der Waals surface area contributed by atoms with Gasteiger partial charge in [-0.3, -0.25) is 9.36 Å². The number of amides is 1. The fraction of sp³-hybridized carbons (Fsp3) is 0.450. The predicted molar refractivity (Wildman–Crippen MR) is 105 cm³/mol. The van der Waals surface area contributed by atoms with Gasteiger partial charge in [0.1, 0.15) is 31.2 Å². The van der Waals surface area contributed by atoms with E-state index >= 15 is 0 Å². The lowest BCUT2D eigenvalue weighted by molar-refractivity contribution is -0.0610. The van der Waals surface area contributed by atoms with Crippen LogP contribution >= 0.6 is 0 Å². The molecule has 1 saturated heterocycles. The van der Waals surface area contributed by atoms with Crippen LogP contribution < -0.4 is 20.5 Å². The molecule has 11 heteroatoms. The molecule has 4 atom stereocenters. The first-order chi connectivity index (χ1) is 14.7. The number of aromatic nitrogens is 2. The molecular weight excluding hydrogens is 413 g/mol. The van der Waals surface area contributed by atoms with Crippen molar-refractivity contribution < 1.29 is 33.6 Å². The van der Waals surface area contributed by atoms with Gasteiger partial charge in [-0.2, -0.15) is 4.98 Å². The minimum Gasteiger partial charge on any atom is -0.486 e. The van der Waals surface area contributed by atoms with E-state index in [0.717, 1.165) is 11.5 Å². The maximum Gasteiger partial charge on any atom is 0.351 e. The summed E-state index contributed by atoms with van der Waals surface area (Å²) in [5, 5.41) is 21.7. The molecule has 3 heterocycles. The Bertz CT molecular complexity index is 1070. The highest BCUT2D eigenvalue weighted by Crippen LogP contribution is 2.40. The lowest BCUT2D eigenvalue weighted by Gasteiger charge is -2.24. The smallest absolute Gasteiger partial charge is 0.351 e. The summed E-state index contributed by atoms with van der Waals surface area (Å²) < 4.78 is 32.1. The van der Waals surface area contributed by atoms with Crippen molar-refractivity contribution in [2.75, 3.05) is 25.1 Å². The van der Waals surface area contributed by atoms with Crippen molar-refractivity contribution in [2.24, 2.45) is 0 Å². The van der Waals surface area contributed by atoms with Crippen LogP contribution in [0.4, 0.5) is 10.2 Å². The number of alkyl halides is 1. The van der Waals surface area contributed by atoms with Crippen LogP contribution in [0.1, 0.15) is 29.1 Å². The first kappa shape index (κ1) is 21.2. The van der Waals surface area contributed by atoms with Gasteiger partial charge >= 0.3 is 5.69 Å².